The summed E-state index contributed by atoms with van der Waals surface area (Å²) in [6.07, 6.45) is -14.3. The minimum absolute atomic E-state index is 0.393. The molecule has 0 N–H and O–H groups in total. The predicted molar refractivity (Wildman–Crippen MR) is 25.6 cm³/mol. The molecule has 80 valence electrons. The molecule has 2 nitrogen and oxygen atoms in total. The third-order valence-corrected chi connectivity index (χ3v) is 0.711. The summed E-state index contributed by atoms with van der Waals surface area (Å²) in [6.45, 7) is 0.393. The highest BCUT2D eigenvalue weighted by Gasteiger charge is 2.56. The largest absolute Gasteiger partial charge is 0.490 e. The zero-order valence-corrected chi connectivity index (χ0v) is 6.08. The average molecular weight is 215 g/mol. The Morgan fingerprint density at radius 1 is 1.00 bits per heavy atom. The van der Waals surface area contributed by atoms with E-state index in [1.807, 2.05) is 0 Å². The highest BCUT2D eigenvalue weighted by Crippen LogP contribution is 2.34. The van der Waals surface area contributed by atoms with Gasteiger partial charge in [0.25, 0.3) is 0 Å². The van der Waals surface area contributed by atoms with E-state index in [9.17, 15) is 30.7 Å². The lowest BCUT2D eigenvalue weighted by Crippen LogP contribution is -2.48. The average Bonchev–Trinajstić information content (AvgIpc) is 1.77. The SMILES string of the molecule is CC(F)ON(C(F)(F)F)C(F)(F)F. The summed E-state index contributed by atoms with van der Waals surface area (Å²) in [5.74, 6) is 0. The van der Waals surface area contributed by atoms with Gasteiger partial charge in [0.1, 0.15) is 0 Å². The van der Waals surface area contributed by atoms with Crippen LogP contribution >= 0.6 is 0 Å². The van der Waals surface area contributed by atoms with Crippen molar-refractivity contribution in [3.8, 4) is 0 Å². The summed E-state index contributed by atoms with van der Waals surface area (Å²) in [4.78, 5) is 2.90. The molecule has 0 saturated heterocycles. The van der Waals surface area contributed by atoms with Crippen LogP contribution in [-0.2, 0) is 4.84 Å². The third kappa shape index (κ3) is 4.27. The first-order chi connectivity index (χ1) is 5.55. The van der Waals surface area contributed by atoms with Crippen molar-refractivity contribution < 1.29 is 35.6 Å². The standard InChI is InChI=1S/C4H4F7NO/c1-2(5)13-12(3(6,7)8)4(9,10)11/h2H,1H3. The Bertz CT molecular complexity index is 147. The first-order valence-electron chi connectivity index (χ1n) is 2.79. The van der Waals surface area contributed by atoms with E-state index in [2.05, 4.69) is 4.84 Å². The molecule has 0 aromatic heterocycles. The van der Waals surface area contributed by atoms with E-state index in [-0.39, 0.29) is 0 Å². The van der Waals surface area contributed by atoms with E-state index >= 15 is 0 Å². The molecule has 0 saturated carbocycles. The molecule has 0 aromatic carbocycles. The van der Waals surface area contributed by atoms with Crippen LogP contribution in [-0.4, -0.2) is 24.0 Å². The molecule has 0 fully saturated rings. The molecule has 0 spiro atoms. The summed E-state index contributed by atoms with van der Waals surface area (Å²) in [5.41, 5.74) is 0. The van der Waals surface area contributed by atoms with E-state index in [1.54, 1.807) is 0 Å². The van der Waals surface area contributed by atoms with Gasteiger partial charge in [0.15, 0.2) is 0 Å². The number of hydrogen-bond acceptors (Lipinski definition) is 2. The van der Waals surface area contributed by atoms with Crippen molar-refractivity contribution in [3.05, 3.63) is 0 Å². The number of halogens is 7. The van der Waals surface area contributed by atoms with Gasteiger partial charge < -0.3 is 0 Å². The predicted octanol–water partition coefficient (Wildman–Crippen LogP) is 2.58. The van der Waals surface area contributed by atoms with Crippen LogP contribution in [0.4, 0.5) is 30.7 Å². The maximum absolute atomic E-state index is 11.7. The Balaban J connectivity index is 4.58. The van der Waals surface area contributed by atoms with E-state index in [4.69, 9.17) is 0 Å². The minimum Gasteiger partial charge on any atom is -0.247 e. The molecule has 9 heteroatoms. The zero-order valence-electron chi connectivity index (χ0n) is 6.08. The molecule has 0 aliphatic heterocycles. The van der Waals surface area contributed by atoms with Crippen LogP contribution in [0.1, 0.15) is 6.92 Å². The smallest absolute Gasteiger partial charge is 0.247 e. The maximum Gasteiger partial charge on any atom is 0.490 e. The number of hydroxylamine groups is 2. The second kappa shape index (κ2) is 3.66. The van der Waals surface area contributed by atoms with Gasteiger partial charge in [-0.25, -0.2) is 9.23 Å². The first-order valence-corrected chi connectivity index (χ1v) is 2.79. The van der Waals surface area contributed by atoms with Gasteiger partial charge in [-0.3, -0.25) is 0 Å². The van der Waals surface area contributed by atoms with Crippen molar-refractivity contribution in [2.24, 2.45) is 0 Å². The lowest BCUT2D eigenvalue weighted by Gasteiger charge is -2.25. The Morgan fingerprint density at radius 3 is 1.38 bits per heavy atom. The molecule has 0 rings (SSSR count). The van der Waals surface area contributed by atoms with Gasteiger partial charge in [-0.2, -0.15) is 26.3 Å². The van der Waals surface area contributed by atoms with E-state index in [0.717, 1.165) is 0 Å². The van der Waals surface area contributed by atoms with Crippen molar-refractivity contribution in [2.75, 3.05) is 0 Å². The quantitative estimate of drug-likeness (QED) is 0.398. The fourth-order valence-electron chi connectivity index (χ4n) is 0.409. The maximum atomic E-state index is 11.7. The van der Waals surface area contributed by atoms with Crippen molar-refractivity contribution in [1.82, 2.24) is 5.06 Å². The molecule has 0 bridgehead atoms. The molecule has 0 aliphatic rings. The second-order valence-electron chi connectivity index (χ2n) is 1.88. The second-order valence-corrected chi connectivity index (χ2v) is 1.88. The molecule has 0 amide bonds. The van der Waals surface area contributed by atoms with Gasteiger partial charge in [-0.05, 0) is 6.92 Å². The van der Waals surface area contributed by atoms with Crippen LogP contribution in [0.5, 0.6) is 0 Å². The van der Waals surface area contributed by atoms with Gasteiger partial charge >= 0.3 is 12.6 Å². The Labute approximate surface area is 67.8 Å². The minimum atomic E-state index is -5.82. The van der Waals surface area contributed by atoms with Gasteiger partial charge in [0, 0.05) is 5.06 Å². The Hall–Kier alpha value is -0.570. The molecule has 1 atom stereocenters. The summed E-state index contributed by atoms with van der Waals surface area (Å²) in [6, 6.07) is 0. The van der Waals surface area contributed by atoms with Crippen molar-refractivity contribution in [2.45, 2.75) is 25.9 Å². The molecule has 13 heavy (non-hydrogen) atoms. The lowest BCUT2D eigenvalue weighted by molar-refractivity contribution is -0.498. The molecular weight excluding hydrogens is 211 g/mol. The van der Waals surface area contributed by atoms with Crippen LogP contribution in [0.15, 0.2) is 0 Å². The highest BCUT2D eigenvalue weighted by atomic mass is 19.4. The van der Waals surface area contributed by atoms with Crippen molar-refractivity contribution in [3.63, 3.8) is 0 Å². The molecule has 0 radical (unpaired) electrons. The first kappa shape index (κ1) is 12.4. The van der Waals surface area contributed by atoms with Gasteiger partial charge in [0.05, 0.1) is 0 Å². The Kier molecular flexibility index (Phi) is 3.50. The molecule has 0 aromatic rings. The van der Waals surface area contributed by atoms with Crippen LogP contribution in [0.3, 0.4) is 0 Å². The normalized spacial score (nSPS) is 16.4. The van der Waals surface area contributed by atoms with E-state index in [1.165, 1.54) is 0 Å². The lowest BCUT2D eigenvalue weighted by atomic mass is 10.8. The summed E-state index contributed by atoms with van der Waals surface area (Å²) < 4.78 is 80.7. The number of rotatable bonds is 2. The summed E-state index contributed by atoms with van der Waals surface area (Å²) in [5, 5.41) is -2.30. The van der Waals surface area contributed by atoms with Gasteiger partial charge in [-0.15, -0.1) is 0 Å². The van der Waals surface area contributed by atoms with Crippen LogP contribution in [0.2, 0.25) is 0 Å². The highest BCUT2D eigenvalue weighted by molar-refractivity contribution is 4.51. The number of nitrogens with zero attached hydrogens (tertiary/aromatic N) is 1. The monoisotopic (exact) mass is 215 g/mol. The van der Waals surface area contributed by atoms with Crippen molar-refractivity contribution in [1.29, 1.82) is 0 Å². The van der Waals surface area contributed by atoms with Crippen LogP contribution in [0.25, 0.3) is 0 Å². The Morgan fingerprint density at radius 2 is 1.31 bits per heavy atom. The van der Waals surface area contributed by atoms with E-state index in [0.29, 0.717) is 6.92 Å². The molecule has 0 aliphatic carbocycles. The fourth-order valence-corrected chi connectivity index (χ4v) is 0.409. The fraction of sp³-hybridized carbons (Fsp3) is 1.00. The number of alkyl halides is 7. The molecule has 1 unspecified atom stereocenters. The van der Waals surface area contributed by atoms with Crippen molar-refractivity contribution >= 4 is 0 Å². The third-order valence-electron chi connectivity index (χ3n) is 0.711. The van der Waals surface area contributed by atoms with E-state index < -0.39 is 24.0 Å². The number of hydrogen-bond donors (Lipinski definition) is 0. The van der Waals surface area contributed by atoms with Crippen LogP contribution in [0, 0.1) is 0 Å². The van der Waals surface area contributed by atoms with Crippen LogP contribution < -0.4 is 0 Å². The van der Waals surface area contributed by atoms with Gasteiger partial charge in [0.2, 0.25) is 6.36 Å². The molecular formula is C4H4F7NO. The van der Waals surface area contributed by atoms with Gasteiger partial charge in [-0.1, -0.05) is 0 Å². The summed E-state index contributed by atoms with van der Waals surface area (Å²) >= 11 is 0. The molecule has 0 heterocycles. The summed E-state index contributed by atoms with van der Waals surface area (Å²) in [7, 11) is 0. The topological polar surface area (TPSA) is 12.5 Å². The zero-order chi connectivity index (χ0) is 10.9.